The molecule has 0 spiro atoms. The lowest BCUT2D eigenvalue weighted by Crippen LogP contribution is -2.44. The number of rotatable bonds is 1. The summed E-state index contributed by atoms with van der Waals surface area (Å²) in [7, 11) is 0. The molecule has 20 heavy (non-hydrogen) atoms. The second-order valence-corrected chi connectivity index (χ2v) is 6.54. The Morgan fingerprint density at radius 2 is 2.25 bits per heavy atom. The van der Waals surface area contributed by atoms with Gasteiger partial charge in [0.05, 0.1) is 17.6 Å². The lowest BCUT2D eigenvalue weighted by Gasteiger charge is -2.37. The van der Waals surface area contributed by atoms with Gasteiger partial charge in [0.1, 0.15) is 5.60 Å². The largest absolute Gasteiger partial charge is 0.444 e. The molecule has 1 fully saturated rings. The quantitative estimate of drug-likeness (QED) is 0.827. The third-order valence-corrected chi connectivity index (χ3v) is 3.63. The Labute approximate surface area is 119 Å². The average Bonchev–Trinajstić information content (AvgIpc) is 2.73. The number of carbonyl (C=O) groups is 1. The van der Waals surface area contributed by atoms with Crippen molar-refractivity contribution in [2.75, 3.05) is 18.8 Å². The zero-order chi connectivity index (χ0) is 14.9. The van der Waals surface area contributed by atoms with Crippen molar-refractivity contribution in [3.63, 3.8) is 0 Å². The van der Waals surface area contributed by atoms with Gasteiger partial charge in [-0.05, 0) is 33.1 Å². The van der Waals surface area contributed by atoms with Crippen molar-refractivity contribution < 1.29 is 9.53 Å². The highest BCUT2D eigenvalue weighted by molar-refractivity contribution is 5.68. The number of nitrogens with zero attached hydrogens (tertiary/aromatic N) is 2. The van der Waals surface area contributed by atoms with Crippen LogP contribution in [0.25, 0.3) is 0 Å². The number of nitrogen functional groups attached to an aromatic ring is 1. The molecule has 1 amide bonds. The van der Waals surface area contributed by atoms with E-state index in [1.54, 1.807) is 11.1 Å². The van der Waals surface area contributed by atoms with Crippen molar-refractivity contribution in [2.24, 2.45) is 5.92 Å². The van der Waals surface area contributed by atoms with Gasteiger partial charge in [0.15, 0.2) is 0 Å². The number of likely N-dealkylation sites (tertiary alicyclic amines) is 1. The third kappa shape index (κ3) is 3.23. The Morgan fingerprint density at radius 1 is 1.55 bits per heavy atom. The van der Waals surface area contributed by atoms with Gasteiger partial charge in [0.2, 0.25) is 0 Å². The minimum atomic E-state index is -0.453. The van der Waals surface area contributed by atoms with Gasteiger partial charge < -0.3 is 15.4 Å². The number of nitrogens with one attached hydrogen (secondary N) is 1. The zero-order valence-electron chi connectivity index (χ0n) is 12.6. The van der Waals surface area contributed by atoms with Crippen molar-refractivity contribution in [1.29, 1.82) is 0 Å². The summed E-state index contributed by atoms with van der Waals surface area (Å²) in [6.07, 6.45) is 2.27. The lowest BCUT2D eigenvalue weighted by atomic mass is 9.84. The normalized spacial score (nSPS) is 23.7. The summed E-state index contributed by atoms with van der Waals surface area (Å²) >= 11 is 0. The number of H-pyrrole nitrogens is 1. The molecule has 1 aromatic rings. The fourth-order valence-corrected chi connectivity index (χ4v) is 2.67. The molecule has 2 rings (SSSR count). The van der Waals surface area contributed by atoms with Crippen LogP contribution in [0.4, 0.5) is 10.5 Å². The number of carbonyl (C=O) groups excluding carboxylic acids is 1. The highest BCUT2D eigenvalue weighted by Crippen LogP contribution is 2.34. The van der Waals surface area contributed by atoms with E-state index in [0.29, 0.717) is 30.6 Å². The van der Waals surface area contributed by atoms with Crippen LogP contribution in [0.2, 0.25) is 0 Å². The van der Waals surface area contributed by atoms with Crippen LogP contribution >= 0.6 is 0 Å². The van der Waals surface area contributed by atoms with Crippen LogP contribution in [0, 0.1) is 5.92 Å². The first-order valence-corrected chi connectivity index (χ1v) is 7.04. The number of hydrogen-bond acceptors (Lipinski definition) is 4. The van der Waals surface area contributed by atoms with Gasteiger partial charge in [-0.3, -0.25) is 5.10 Å². The fourth-order valence-electron chi connectivity index (χ4n) is 2.67. The van der Waals surface area contributed by atoms with Gasteiger partial charge >= 0.3 is 6.09 Å². The molecular weight excluding hydrogens is 256 g/mol. The van der Waals surface area contributed by atoms with Gasteiger partial charge in [-0.1, -0.05) is 6.92 Å². The number of aromatic amines is 1. The van der Waals surface area contributed by atoms with E-state index in [9.17, 15) is 4.79 Å². The standard InChI is InChI=1S/C14H24N4O2/c1-9-8-18(13(19)20-14(2,3)4)6-5-10(9)12-11(15)7-16-17-12/h7,9-10H,5-6,8,15H2,1-4H3,(H,16,17). The average molecular weight is 280 g/mol. The molecule has 6 nitrogen and oxygen atoms in total. The van der Waals surface area contributed by atoms with Crippen molar-refractivity contribution in [3.05, 3.63) is 11.9 Å². The van der Waals surface area contributed by atoms with E-state index in [2.05, 4.69) is 17.1 Å². The number of nitrogens with two attached hydrogens (primary N) is 1. The Morgan fingerprint density at radius 3 is 2.75 bits per heavy atom. The highest BCUT2D eigenvalue weighted by atomic mass is 16.6. The minimum Gasteiger partial charge on any atom is -0.444 e. The number of hydrogen-bond donors (Lipinski definition) is 2. The predicted octanol–water partition coefficient (Wildman–Crippen LogP) is 2.35. The molecule has 2 heterocycles. The van der Waals surface area contributed by atoms with E-state index < -0.39 is 5.60 Å². The van der Waals surface area contributed by atoms with Gasteiger partial charge in [-0.25, -0.2) is 4.79 Å². The van der Waals surface area contributed by atoms with Crippen molar-refractivity contribution >= 4 is 11.8 Å². The second kappa shape index (κ2) is 5.34. The van der Waals surface area contributed by atoms with Crippen LogP contribution in [-0.2, 0) is 4.74 Å². The molecule has 0 saturated carbocycles. The van der Waals surface area contributed by atoms with Gasteiger partial charge in [-0.15, -0.1) is 0 Å². The minimum absolute atomic E-state index is 0.236. The number of piperidine rings is 1. The molecular formula is C14H24N4O2. The molecule has 1 aliphatic rings. The van der Waals surface area contributed by atoms with Crippen molar-refractivity contribution in [1.82, 2.24) is 15.1 Å². The SMILES string of the molecule is CC1CN(C(=O)OC(C)(C)C)CCC1c1[nH]ncc1N. The van der Waals surface area contributed by atoms with Crippen molar-refractivity contribution in [2.45, 2.75) is 45.6 Å². The maximum Gasteiger partial charge on any atom is 0.410 e. The molecule has 0 bridgehead atoms. The first kappa shape index (κ1) is 14.7. The number of aromatic nitrogens is 2. The molecule has 1 aliphatic heterocycles. The Bertz CT molecular complexity index is 478. The summed E-state index contributed by atoms with van der Waals surface area (Å²) in [4.78, 5) is 13.9. The van der Waals surface area contributed by atoms with Crippen LogP contribution in [0.5, 0.6) is 0 Å². The molecule has 2 unspecified atom stereocenters. The topological polar surface area (TPSA) is 84.2 Å². The lowest BCUT2D eigenvalue weighted by molar-refractivity contribution is 0.0154. The first-order valence-electron chi connectivity index (χ1n) is 7.04. The van der Waals surface area contributed by atoms with E-state index in [1.165, 1.54) is 0 Å². The summed E-state index contributed by atoms with van der Waals surface area (Å²) in [5.74, 6) is 0.634. The first-order chi connectivity index (χ1) is 9.28. The monoisotopic (exact) mass is 280 g/mol. The molecule has 2 atom stereocenters. The molecule has 0 aliphatic carbocycles. The number of amides is 1. The van der Waals surface area contributed by atoms with E-state index in [0.717, 1.165) is 12.1 Å². The maximum absolute atomic E-state index is 12.1. The summed E-state index contributed by atoms with van der Waals surface area (Å²) in [6.45, 7) is 9.13. The van der Waals surface area contributed by atoms with Crippen molar-refractivity contribution in [3.8, 4) is 0 Å². The third-order valence-electron chi connectivity index (χ3n) is 3.63. The summed E-state index contributed by atoms with van der Waals surface area (Å²) in [5.41, 5.74) is 7.15. The smallest absolute Gasteiger partial charge is 0.410 e. The molecule has 0 aromatic carbocycles. The molecule has 1 saturated heterocycles. The predicted molar refractivity (Wildman–Crippen MR) is 77.3 cm³/mol. The maximum atomic E-state index is 12.1. The van der Waals surface area contributed by atoms with E-state index in [4.69, 9.17) is 10.5 Å². The molecule has 3 N–H and O–H groups in total. The number of ether oxygens (including phenoxy) is 1. The second-order valence-electron chi connectivity index (χ2n) is 6.54. The van der Waals surface area contributed by atoms with Crippen LogP contribution in [-0.4, -0.2) is 39.9 Å². The van der Waals surface area contributed by atoms with E-state index >= 15 is 0 Å². The van der Waals surface area contributed by atoms with E-state index in [-0.39, 0.29) is 6.09 Å². The van der Waals surface area contributed by atoms with Crippen LogP contribution < -0.4 is 5.73 Å². The molecule has 112 valence electrons. The van der Waals surface area contributed by atoms with Gasteiger partial charge in [0.25, 0.3) is 0 Å². The summed E-state index contributed by atoms with van der Waals surface area (Å²) in [5, 5.41) is 6.96. The summed E-state index contributed by atoms with van der Waals surface area (Å²) < 4.78 is 5.42. The fraction of sp³-hybridized carbons (Fsp3) is 0.714. The highest BCUT2D eigenvalue weighted by Gasteiger charge is 2.33. The number of anilines is 1. The van der Waals surface area contributed by atoms with Gasteiger partial charge in [-0.2, -0.15) is 5.10 Å². The van der Waals surface area contributed by atoms with Gasteiger partial charge in [0, 0.05) is 19.0 Å². The summed E-state index contributed by atoms with van der Waals surface area (Å²) in [6, 6.07) is 0. The van der Waals surface area contributed by atoms with E-state index in [1.807, 2.05) is 20.8 Å². The Balaban J connectivity index is 1.99. The zero-order valence-corrected chi connectivity index (χ0v) is 12.6. The Hall–Kier alpha value is -1.72. The van der Waals surface area contributed by atoms with Crippen LogP contribution in [0.1, 0.15) is 45.7 Å². The molecule has 1 aromatic heterocycles. The molecule has 0 radical (unpaired) electrons. The van der Waals surface area contributed by atoms with Crippen LogP contribution in [0.3, 0.4) is 0 Å². The van der Waals surface area contributed by atoms with Crippen LogP contribution in [0.15, 0.2) is 6.20 Å². The molecule has 6 heteroatoms. The Kier molecular flexibility index (Phi) is 3.92.